The summed E-state index contributed by atoms with van der Waals surface area (Å²) in [7, 11) is 0. The van der Waals surface area contributed by atoms with Gasteiger partial charge in [0, 0.05) is 17.7 Å². The fourth-order valence-corrected chi connectivity index (χ4v) is 2.42. The second-order valence-corrected chi connectivity index (χ2v) is 6.50. The van der Waals surface area contributed by atoms with Gasteiger partial charge in [-0.2, -0.15) is 0 Å². The summed E-state index contributed by atoms with van der Waals surface area (Å²) < 4.78 is 5.55. The zero-order chi connectivity index (χ0) is 20.8. The van der Waals surface area contributed by atoms with Crippen LogP contribution in [0, 0.1) is 21.2 Å². The number of nitro benzene ring substituents is 1. The molecule has 1 N–H and O–H groups in total. The topological polar surface area (TPSA) is 138 Å². The number of aromatic nitrogens is 2. The molecule has 2 aromatic rings. The smallest absolute Gasteiger partial charge is 0.339 e. The maximum absolute atomic E-state index is 12.4. The highest BCUT2D eigenvalue weighted by Gasteiger charge is 2.28. The van der Waals surface area contributed by atoms with Crippen LogP contribution in [0.2, 0.25) is 5.02 Å². The van der Waals surface area contributed by atoms with Crippen LogP contribution >= 0.6 is 11.6 Å². The van der Waals surface area contributed by atoms with Gasteiger partial charge >= 0.3 is 11.8 Å². The number of nitrogens with zero attached hydrogens (tertiary/aromatic N) is 3. The lowest BCUT2D eigenvalue weighted by atomic mass is 10.0. The highest BCUT2D eigenvalue weighted by atomic mass is 35.5. The third kappa shape index (κ3) is 5.13. The molecule has 0 aliphatic rings. The van der Waals surface area contributed by atoms with E-state index in [4.69, 9.17) is 16.3 Å². The third-order valence-corrected chi connectivity index (χ3v) is 4.06. The standard InChI is InChI=1S/C17H17ClN4O6/c1-10(2)15(17(24)28-9-14-19-6-3-7-21(14)25)20-16(23)11-4-5-12(18)13(8-11)22(26)27/h3-8,10,15H,9H2,1-2H3,(H,20,23)/t15-/m0/s1. The lowest BCUT2D eigenvalue weighted by Gasteiger charge is -2.20. The summed E-state index contributed by atoms with van der Waals surface area (Å²) in [6.07, 6.45) is 2.60. The second kappa shape index (κ2) is 9.09. The van der Waals surface area contributed by atoms with E-state index in [2.05, 4.69) is 10.3 Å². The average molecular weight is 409 g/mol. The van der Waals surface area contributed by atoms with Crippen LogP contribution in [0.1, 0.15) is 30.0 Å². The van der Waals surface area contributed by atoms with E-state index in [1.165, 1.54) is 30.6 Å². The minimum atomic E-state index is -1.04. The fourth-order valence-electron chi connectivity index (χ4n) is 2.23. The average Bonchev–Trinajstić information content (AvgIpc) is 2.64. The van der Waals surface area contributed by atoms with Crippen LogP contribution in [0.15, 0.2) is 36.7 Å². The number of hydrogen-bond donors (Lipinski definition) is 1. The minimum absolute atomic E-state index is 0.0157. The molecular formula is C17H17ClN4O6. The normalized spacial score (nSPS) is 11.7. The van der Waals surface area contributed by atoms with Gasteiger partial charge in [-0.05, 0) is 23.0 Å². The molecular weight excluding hydrogens is 392 g/mol. The maximum Gasteiger partial charge on any atom is 0.339 e. The molecule has 1 heterocycles. The lowest BCUT2D eigenvalue weighted by Crippen LogP contribution is -2.45. The summed E-state index contributed by atoms with van der Waals surface area (Å²) in [6, 6.07) is 3.95. The van der Waals surface area contributed by atoms with E-state index in [0.717, 1.165) is 6.07 Å². The largest absolute Gasteiger partial charge is 0.711 e. The zero-order valence-corrected chi connectivity index (χ0v) is 15.8. The Labute approximate surface area is 164 Å². The first-order valence-corrected chi connectivity index (χ1v) is 8.53. The van der Waals surface area contributed by atoms with Crippen LogP contribution in [0.4, 0.5) is 5.69 Å². The highest BCUT2D eigenvalue weighted by Crippen LogP contribution is 2.25. The SMILES string of the molecule is CC(C)[C@H](NC(=O)c1ccc(Cl)c([N+](=O)[O-])c1)C(=O)OCc1nccc[n+]1[O-]. The third-order valence-electron chi connectivity index (χ3n) is 3.74. The van der Waals surface area contributed by atoms with Crippen molar-refractivity contribution in [3.8, 4) is 0 Å². The number of hydrogen-bond acceptors (Lipinski definition) is 7. The number of ether oxygens (including phenoxy) is 1. The molecule has 0 aliphatic heterocycles. The number of halogens is 1. The number of nitrogens with one attached hydrogen (secondary N) is 1. The van der Waals surface area contributed by atoms with Gasteiger partial charge in [-0.15, -0.1) is 0 Å². The summed E-state index contributed by atoms with van der Waals surface area (Å²) in [5.74, 6) is -1.83. The van der Waals surface area contributed by atoms with Crippen molar-refractivity contribution in [1.82, 2.24) is 10.3 Å². The number of esters is 1. The molecule has 148 valence electrons. The number of rotatable bonds is 7. The molecule has 1 atom stereocenters. The number of nitro groups is 1. The number of carbonyl (C=O) groups is 2. The molecule has 10 nitrogen and oxygen atoms in total. The monoisotopic (exact) mass is 408 g/mol. The summed E-state index contributed by atoms with van der Waals surface area (Å²) in [4.78, 5) is 38.8. The molecule has 0 bridgehead atoms. The second-order valence-electron chi connectivity index (χ2n) is 6.09. The van der Waals surface area contributed by atoms with E-state index >= 15 is 0 Å². The van der Waals surface area contributed by atoms with E-state index < -0.39 is 28.5 Å². The van der Waals surface area contributed by atoms with Crippen LogP contribution in [0.3, 0.4) is 0 Å². The van der Waals surface area contributed by atoms with Gasteiger partial charge in [0.15, 0.2) is 6.61 Å². The quantitative estimate of drug-likeness (QED) is 0.242. The van der Waals surface area contributed by atoms with Gasteiger partial charge in [0.1, 0.15) is 17.3 Å². The van der Waals surface area contributed by atoms with Gasteiger partial charge in [-0.25, -0.2) is 9.52 Å². The summed E-state index contributed by atoms with van der Waals surface area (Å²) in [5.41, 5.74) is -0.454. The number of amides is 1. The first-order valence-electron chi connectivity index (χ1n) is 8.15. The fraction of sp³-hybridized carbons (Fsp3) is 0.294. The molecule has 0 radical (unpaired) electrons. The Hall–Kier alpha value is -3.27. The Morgan fingerprint density at radius 1 is 1.39 bits per heavy atom. The van der Waals surface area contributed by atoms with E-state index in [1.54, 1.807) is 13.8 Å². The Kier molecular flexibility index (Phi) is 6.83. The molecule has 11 heteroatoms. The minimum Gasteiger partial charge on any atom is -0.711 e. The van der Waals surface area contributed by atoms with Gasteiger partial charge in [0.05, 0.1) is 11.1 Å². The predicted molar refractivity (Wildman–Crippen MR) is 97.2 cm³/mol. The van der Waals surface area contributed by atoms with E-state index in [0.29, 0.717) is 4.73 Å². The highest BCUT2D eigenvalue weighted by molar-refractivity contribution is 6.32. The van der Waals surface area contributed by atoms with Crippen LogP contribution in [-0.2, 0) is 16.1 Å². The summed E-state index contributed by atoms with van der Waals surface area (Å²) >= 11 is 5.73. The van der Waals surface area contributed by atoms with Crippen LogP contribution in [0.25, 0.3) is 0 Å². The predicted octanol–water partition coefficient (Wildman–Crippen LogP) is 1.77. The van der Waals surface area contributed by atoms with Crippen molar-refractivity contribution in [1.29, 1.82) is 0 Å². The Balaban J connectivity index is 2.10. The van der Waals surface area contributed by atoms with E-state index in [1.807, 2.05) is 0 Å². The van der Waals surface area contributed by atoms with Gasteiger partial charge in [-0.3, -0.25) is 14.9 Å². The van der Waals surface area contributed by atoms with Gasteiger partial charge in [0.25, 0.3) is 11.6 Å². The summed E-state index contributed by atoms with van der Waals surface area (Å²) in [6.45, 7) is 3.00. The molecule has 0 saturated heterocycles. The van der Waals surface area contributed by atoms with Gasteiger partial charge in [-0.1, -0.05) is 25.4 Å². The van der Waals surface area contributed by atoms with Crippen molar-refractivity contribution in [2.45, 2.75) is 26.5 Å². The van der Waals surface area contributed by atoms with Crippen LogP contribution in [0.5, 0.6) is 0 Å². The molecule has 2 rings (SSSR count). The summed E-state index contributed by atoms with van der Waals surface area (Å²) in [5, 5.41) is 24.9. The molecule has 0 fully saturated rings. The molecule has 0 unspecified atom stereocenters. The molecule has 0 spiro atoms. The van der Waals surface area contributed by atoms with Crippen molar-refractivity contribution in [2.75, 3.05) is 0 Å². The Morgan fingerprint density at radius 2 is 2.11 bits per heavy atom. The molecule has 0 aliphatic carbocycles. The van der Waals surface area contributed by atoms with Crippen molar-refractivity contribution < 1.29 is 24.0 Å². The maximum atomic E-state index is 12.4. The van der Waals surface area contributed by atoms with Crippen LogP contribution < -0.4 is 10.0 Å². The van der Waals surface area contributed by atoms with Crippen molar-refractivity contribution in [3.63, 3.8) is 0 Å². The van der Waals surface area contributed by atoms with Crippen LogP contribution in [-0.4, -0.2) is 27.8 Å². The van der Waals surface area contributed by atoms with Crippen molar-refractivity contribution in [2.24, 2.45) is 5.92 Å². The Bertz CT molecular complexity index is 905. The molecule has 28 heavy (non-hydrogen) atoms. The number of benzene rings is 1. The molecule has 1 amide bonds. The Morgan fingerprint density at radius 3 is 2.71 bits per heavy atom. The van der Waals surface area contributed by atoms with Crippen molar-refractivity contribution in [3.05, 3.63) is 68.4 Å². The van der Waals surface area contributed by atoms with E-state index in [-0.39, 0.29) is 28.9 Å². The number of carbonyl (C=O) groups excluding carboxylic acids is 2. The molecule has 1 aromatic carbocycles. The zero-order valence-electron chi connectivity index (χ0n) is 15.0. The van der Waals surface area contributed by atoms with Gasteiger partial charge < -0.3 is 15.3 Å². The molecule has 0 saturated carbocycles. The van der Waals surface area contributed by atoms with Crippen molar-refractivity contribution >= 4 is 29.2 Å². The van der Waals surface area contributed by atoms with E-state index in [9.17, 15) is 24.9 Å². The lowest BCUT2D eigenvalue weighted by molar-refractivity contribution is -0.620. The molecule has 1 aromatic heterocycles. The first-order chi connectivity index (χ1) is 13.2. The first kappa shape index (κ1) is 21.0. The van der Waals surface area contributed by atoms with Gasteiger partial charge in [0.2, 0.25) is 0 Å².